The molecule has 88 valence electrons. The fourth-order valence-electron chi connectivity index (χ4n) is 1.82. The molecule has 2 N–H and O–H groups in total. The first-order chi connectivity index (χ1) is 7.99. The number of halogens is 2. The standard InChI is InChI=1S/C14H13ClFN/c1-8-6-13(15)9(2)5-11(8)12-7-10(17)3-4-14(12)16/h3-7H,17H2,1-2H3. The largest absolute Gasteiger partial charge is 0.399 e. The van der Waals surface area contributed by atoms with Crippen molar-refractivity contribution in [1.29, 1.82) is 0 Å². The second-order valence-electron chi connectivity index (χ2n) is 4.16. The molecule has 1 nitrogen and oxygen atoms in total. The fourth-order valence-corrected chi connectivity index (χ4v) is 2.04. The second kappa shape index (κ2) is 4.38. The lowest BCUT2D eigenvalue weighted by Gasteiger charge is -2.10. The highest BCUT2D eigenvalue weighted by Crippen LogP contribution is 2.31. The molecular weight excluding hydrogens is 237 g/mol. The van der Waals surface area contributed by atoms with Crippen molar-refractivity contribution in [1.82, 2.24) is 0 Å². The van der Waals surface area contributed by atoms with E-state index in [1.807, 2.05) is 26.0 Å². The first kappa shape index (κ1) is 11.9. The molecular formula is C14H13ClFN. The molecule has 0 fully saturated rings. The minimum atomic E-state index is -0.274. The van der Waals surface area contributed by atoms with Crippen LogP contribution in [0.4, 0.5) is 10.1 Å². The van der Waals surface area contributed by atoms with Gasteiger partial charge in [-0.2, -0.15) is 0 Å². The Morgan fingerprint density at radius 2 is 1.71 bits per heavy atom. The van der Waals surface area contributed by atoms with Crippen molar-refractivity contribution in [3.05, 3.63) is 52.3 Å². The Morgan fingerprint density at radius 1 is 1.00 bits per heavy atom. The van der Waals surface area contributed by atoms with E-state index in [4.69, 9.17) is 17.3 Å². The molecule has 17 heavy (non-hydrogen) atoms. The van der Waals surface area contributed by atoms with Gasteiger partial charge in [0, 0.05) is 16.3 Å². The maximum absolute atomic E-state index is 13.8. The number of benzene rings is 2. The summed E-state index contributed by atoms with van der Waals surface area (Å²) in [5.74, 6) is -0.274. The summed E-state index contributed by atoms with van der Waals surface area (Å²) >= 11 is 6.03. The van der Waals surface area contributed by atoms with E-state index in [2.05, 4.69) is 0 Å². The second-order valence-corrected chi connectivity index (χ2v) is 4.56. The molecule has 2 aromatic carbocycles. The van der Waals surface area contributed by atoms with Crippen LogP contribution in [-0.4, -0.2) is 0 Å². The Kier molecular flexibility index (Phi) is 3.07. The minimum absolute atomic E-state index is 0.274. The van der Waals surface area contributed by atoms with Crippen LogP contribution in [-0.2, 0) is 0 Å². The molecule has 0 heterocycles. The maximum atomic E-state index is 13.8. The zero-order valence-electron chi connectivity index (χ0n) is 9.72. The summed E-state index contributed by atoms with van der Waals surface area (Å²) < 4.78 is 13.8. The summed E-state index contributed by atoms with van der Waals surface area (Å²) in [6.07, 6.45) is 0. The molecule has 0 atom stereocenters. The van der Waals surface area contributed by atoms with Gasteiger partial charge in [-0.15, -0.1) is 0 Å². The smallest absolute Gasteiger partial charge is 0.131 e. The third-order valence-corrected chi connectivity index (χ3v) is 3.19. The van der Waals surface area contributed by atoms with Gasteiger partial charge in [0.15, 0.2) is 0 Å². The molecule has 0 aliphatic heterocycles. The van der Waals surface area contributed by atoms with Gasteiger partial charge < -0.3 is 5.73 Å². The molecule has 0 radical (unpaired) electrons. The first-order valence-corrected chi connectivity index (χ1v) is 5.69. The summed E-state index contributed by atoms with van der Waals surface area (Å²) in [7, 11) is 0. The van der Waals surface area contributed by atoms with Crippen LogP contribution in [0.25, 0.3) is 11.1 Å². The van der Waals surface area contributed by atoms with Gasteiger partial charge in [-0.1, -0.05) is 11.6 Å². The van der Waals surface area contributed by atoms with Gasteiger partial charge in [0.25, 0.3) is 0 Å². The van der Waals surface area contributed by atoms with E-state index in [0.717, 1.165) is 16.7 Å². The minimum Gasteiger partial charge on any atom is -0.399 e. The molecule has 0 saturated heterocycles. The molecule has 0 spiro atoms. The molecule has 0 bridgehead atoms. The Hall–Kier alpha value is -1.54. The van der Waals surface area contributed by atoms with Crippen molar-refractivity contribution < 1.29 is 4.39 Å². The van der Waals surface area contributed by atoms with Crippen LogP contribution in [0.15, 0.2) is 30.3 Å². The first-order valence-electron chi connectivity index (χ1n) is 5.31. The Balaban J connectivity index is 2.68. The molecule has 2 aromatic rings. The SMILES string of the molecule is Cc1cc(-c2cc(N)ccc2F)c(C)cc1Cl. The predicted octanol–water partition coefficient (Wildman–Crippen LogP) is 4.35. The van der Waals surface area contributed by atoms with Gasteiger partial charge >= 0.3 is 0 Å². The van der Waals surface area contributed by atoms with E-state index in [1.165, 1.54) is 6.07 Å². The number of hydrogen-bond donors (Lipinski definition) is 1. The van der Waals surface area contributed by atoms with Gasteiger partial charge in [-0.3, -0.25) is 0 Å². The lowest BCUT2D eigenvalue weighted by molar-refractivity contribution is 0.631. The summed E-state index contributed by atoms with van der Waals surface area (Å²) in [6.45, 7) is 3.80. The number of hydrogen-bond acceptors (Lipinski definition) is 1. The van der Waals surface area contributed by atoms with Crippen molar-refractivity contribution in [3.8, 4) is 11.1 Å². The van der Waals surface area contributed by atoms with Crippen molar-refractivity contribution in [2.45, 2.75) is 13.8 Å². The van der Waals surface area contributed by atoms with E-state index < -0.39 is 0 Å². The Labute approximate surface area is 105 Å². The third kappa shape index (κ3) is 2.27. The lowest BCUT2D eigenvalue weighted by Crippen LogP contribution is -1.92. The van der Waals surface area contributed by atoms with Crippen LogP contribution in [0.2, 0.25) is 5.02 Å². The van der Waals surface area contributed by atoms with E-state index in [-0.39, 0.29) is 5.82 Å². The van der Waals surface area contributed by atoms with E-state index in [9.17, 15) is 4.39 Å². The third-order valence-electron chi connectivity index (χ3n) is 2.79. The van der Waals surface area contributed by atoms with Crippen LogP contribution in [0, 0.1) is 19.7 Å². The van der Waals surface area contributed by atoms with Crippen LogP contribution in [0.5, 0.6) is 0 Å². The number of anilines is 1. The molecule has 0 amide bonds. The van der Waals surface area contributed by atoms with Gasteiger partial charge in [0.2, 0.25) is 0 Å². The van der Waals surface area contributed by atoms with E-state index >= 15 is 0 Å². The highest BCUT2D eigenvalue weighted by atomic mass is 35.5. The van der Waals surface area contributed by atoms with Gasteiger partial charge in [0.05, 0.1) is 0 Å². The van der Waals surface area contributed by atoms with Crippen molar-refractivity contribution in [3.63, 3.8) is 0 Å². The lowest BCUT2D eigenvalue weighted by atomic mass is 9.97. The molecule has 0 unspecified atom stereocenters. The Bertz CT molecular complexity index is 579. The van der Waals surface area contributed by atoms with Crippen molar-refractivity contribution in [2.24, 2.45) is 0 Å². The maximum Gasteiger partial charge on any atom is 0.131 e. The Morgan fingerprint density at radius 3 is 2.41 bits per heavy atom. The summed E-state index contributed by atoms with van der Waals surface area (Å²) in [4.78, 5) is 0. The highest BCUT2D eigenvalue weighted by Gasteiger charge is 2.10. The van der Waals surface area contributed by atoms with Gasteiger partial charge in [0.1, 0.15) is 5.82 Å². The number of nitrogens with two attached hydrogens (primary N) is 1. The van der Waals surface area contributed by atoms with E-state index in [0.29, 0.717) is 16.3 Å². The van der Waals surface area contributed by atoms with Crippen molar-refractivity contribution >= 4 is 17.3 Å². The summed E-state index contributed by atoms with van der Waals surface area (Å²) in [5, 5.41) is 0.690. The van der Waals surface area contributed by atoms with Crippen LogP contribution in [0.3, 0.4) is 0 Å². The molecule has 0 aliphatic rings. The number of rotatable bonds is 1. The van der Waals surface area contributed by atoms with Crippen LogP contribution in [0.1, 0.15) is 11.1 Å². The monoisotopic (exact) mass is 249 g/mol. The topological polar surface area (TPSA) is 26.0 Å². The average molecular weight is 250 g/mol. The molecule has 0 saturated carbocycles. The normalized spacial score (nSPS) is 10.6. The summed E-state index contributed by atoms with van der Waals surface area (Å²) in [5.41, 5.74) is 9.45. The van der Waals surface area contributed by atoms with Gasteiger partial charge in [-0.05, 0) is 60.9 Å². The number of aryl methyl sites for hydroxylation is 2. The zero-order chi connectivity index (χ0) is 12.6. The summed E-state index contributed by atoms with van der Waals surface area (Å²) in [6, 6.07) is 8.31. The number of nitrogen functional groups attached to an aromatic ring is 1. The van der Waals surface area contributed by atoms with Gasteiger partial charge in [-0.25, -0.2) is 4.39 Å². The van der Waals surface area contributed by atoms with E-state index in [1.54, 1.807) is 12.1 Å². The highest BCUT2D eigenvalue weighted by molar-refractivity contribution is 6.31. The predicted molar refractivity (Wildman–Crippen MR) is 70.7 cm³/mol. The molecule has 3 heteroatoms. The van der Waals surface area contributed by atoms with Crippen molar-refractivity contribution in [2.75, 3.05) is 5.73 Å². The zero-order valence-corrected chi connectivity index (χ0v) is 10.5. The fraction of sp³-hybridized carbons (Fsp3) is 0.143. The molecule has 2 rings (SSSR count). The van der Waals surface area contributed by atoms with Crippen LogP contribution < -0.4 is 5.73 Å². The molecule has 0 aliphatic carbocycles. The van der Waals surface area contributed by atoms with Crippen LogP contribution >= 0.6 is 11.6 Å². The average Bonchev–Trinajstić information content (AvgIpc) is 2.27. The molecule has 0 aromatic heterocycles. The quantitative estimate of drug-likeness (QED) is 0.748.